The lowest BCUT2D eigenvalue weighted by molar-refractivity contribution is -0.137. The lowest BCUT2D eigenvalue weighted by Crippen LogP contribution is -2.23. The van der Waals surface area contributed by atoms with Gasteiger partial charge in [-0.05, 0) is 37.6 Å². The molecule has 0 amide bonds. The smallest absolute Gasteiger partial charge is 0.326 e. The Morgan fingerprint density at radius 1 is 1.32 bits per heavy atom. The Morgan fingerprint density at radius 2 is 1.89 bits per heavy atom. The molecule has 0 spiro atoms. The van der Waals surface area contributed by atoms with E-state index in [0.717, 1.165) is 18.2 Å². The van der Waals surface area contributed by atoms with Crippen LogP contribution >= 0.6 is 0 Å². The number of sulfonamides is 1. The first kappa shape index (κ1) is 15.8. The highest BCUT2D eigenvalue weighted by Gasteiger charge is 2.31. The number of anilines is 1. The summed E-state index contributed by atoms with van der Waals surface area (Å²) in [6.45, 7) is 2.74. The van der Waals surface area contributed by atoms with Gasteiger partial charge in [0.1, 0.15) is 0 Å². The van der Waals surface area contributed by atoms with Gasteiger partial charge in [0.25, 0.3) is 0 Å². The van der Waals surface area contributed by atoms with Crippen molar-refractivity contribution in [2.24, 2.45) is 5.73 Å². The minimum Gasteiger partial charge on any atom is -0.326 e. The van der Waals surface area contributed by atoms with Crippen molar-refractivity contribution in [2.75, 3.05) is 4.72 Å². The fourth-order valence-electron chi connectivity index (χ4n) is 1.31. The van der Waals surface area contributed by atoms with Gasteiger partial charge in [0.15, 0.2) is 0 Å². The van der Waals surface area contributed by atoms with E-state index in [1.165, 1.54) is 13.8 Å². The van der Waals surface area contributed by atoms with Gasteiger partial charge in [0.05, 0.1) is 16.5 Å². The first-order valence-electron chi connectivity index (χ1n) is 5.49. The first-order chi connectivity index (χ1) is 8.58. The van der Waals surface area contributed by atoms with Crippen molar-refractivity contribution in [1.29, 1.82) is 0 Å². The van der Waals surface area contributed by atoms with E-state index in [1.54, 1.807) is 0 Å². The number of nitrogens with two attached hydrogens (primary N) is 1. The summed E-state index contributed by atoms with van der Waals surface area (Å²) in [5, 5.41) is -0.694. The fraction of sp³-hybridized carbons (Fsp3) is 0.455. The molecule has 19 heavy (non-hydrogen) atoms. The molecule has 4 nitrogen and oxygen atoms in total. The number of benzene rings is 1. The molecule has 0 heterocycles. The number of rotatable bonds is 4. The van der Waals surface area contributed by atoms with Crippen LogP contribution in [0, 0.1) is 0 Å². The van der Waals surface area contributed by atoms with Gasteiger partial charge in [-0.15, -0.1) is 0 Å². The van der Waals surface area contributed by atoms with E-state index in [-0.39, 0.29) is 17.8 Å². The largest absolute Gasteiger partial charge is 0.416 e. The molecule has 1 aromatic rings. The standard InChI is InChI=1S/C11H15F3N2O2S/c1-7(2)19(17,18)16-10-4-3-9(11(12,13)14)5-8(10)6-15/h3-5,7,16H,6,15H2,1-2H3. The van der Waals surface area contributed by atoms with Crippen LogP contribution in [0.15, 0.2) is 18.2 Å². The summed E-state index contributed by atoms with van der Waals surface area (Å²) < 4.78 is 63.2. The molecule has 1 aromatic carbocycles. The molecular weight excluding hydrogens is 281 g/mol. The third-order valence-corrected chi connectivity index (χ3v) is 4.27. The van der Waals surface area contributed by atoms with Gasteiger partial charge >= 0.3 is 6.18 Å². The van der Waals surface area contributed by atoms with Gasteiger partial charge in [0.2, 0.25) is 10.0 Å². The van der Waals surface area contributed by atoms with Gasteiger partial charge in [-0.2, -0.15) is 13.2 Å². The van der Waals surface area contributed by atoms with Crippen LogP contribution in [0.25, 0.3) is 0 Å². The van der Waals surface area contributed by atoms with Crippen LogP contribution in [0.5, 0.6) is 0 Å². The number of nitrogens with one attached hydrogen (secondary N) is 1. The summed E-state index contributed by atoms with van der Waals surface area (Å²) in [6.07, 6.45) is -4.49. The summed E-state index contributed by atoms with van der Waals surface area (Å²) in [4.78, 5) is 0. The van der Waals surface area contributed by atoms with Crippen LogP contribution in [0.3, 0.4) is 0 Å². The van der Waals surface area contributed by atoms with E-state index in [1.807, 2.05) is 0 Å². The molecule has 0 aromatic heterocycles. The molecule has 0 aliphatic rings. The van der Waals surface area contributed by atoms with Crippen LogP contribution < -0.4 is 10.5 Å². The second kappa shape index (κ2) is 5.38. The summed E-state index contributed by atoms with van der Waals surface area (Å²) in [7, 11) is -3.62. The molecular formula is C11H15F3N2O2S. The molecule has 0 aliphatic heterocycles. The molecule has 0 aliphatic carbocycles. The number of hydrogen-bond donors (Lipinski definition) is 2. The predicted octanol–water partition coefficient (Wildman–Crippen LogP) is 2.31. The van der Waals surface area contributed by atoms with E-state index in [2.05, 4.69) is 4.72 Å². The van der Waals surface area contributed by atoms with Crippen molar-refractivity contribution in [3.8, 4) is 0 Å². The normalized spacial score (nSPS) is 12.8. The van der Waals surface area contributed by atoms with Gasteiger partial charge in [-0.25, -0.2) is 8.42 Å². The first-order valence-corrected chi connectivity index (χ1v) is 7.04. The number of hydrogen-bond acceptors (Lipinski definition) is 3. The van der Waals surface area contributed by atoms with Crippen molar-refractivity contribution < 1.29 is 21.6 Å². The summed E-state index contributed by atoms with van der Waals surface area (Å²) >= 11 is 0. The Hall–Kier alpha value is -1.28. The van der Waals surface area contributed by atoms with E-state index >= 15 is 0 Å². The van der Waals surface area contributed by atoms with Crippen molar-refractivity contribution >= 4 is 15.7 Å². The number of halogens is 3. The molecule has 0 bridgehead atoms. The minimum absolute atomic E-state index is 0.0733. The predicted molar refractivity (Wildman–Crippen MR) is 67.0 cm³/mol. The second-order valence-corrected chi connectivity index (χ2v) is 6.51. The van der Waals surface area contributed by atoms with Crippen LogP contribution in [-0.4, -0.2) is 13.7 Å². The average Bonchev–Trinajstić information content (AvgIpc) is 2.27. The lowest BCUT2D eigenvalue weighted by Gasteiger charge is -2.15. The Balaban J connectivity index is 3.18. The molecule has 0 radical (unpaired) electrons. The third-order valence-electron chi connectivity index (χ3n) is 2.53. The number of alkyl halides is 3. The van der Waals surface area contributed by atoms with Crippen molar-refractivity contribution in [2.45, 2.75) is 31.8 Å². The zero-order chi connectivity index (χ0) is 14.8. The molecule has 0 saturated heterocycles. The SMILES string of the molecule is CC(C)S(=O)(=O)Nc1ccc(C(F)(F)F)cc1CN. The second-order valence-electron chi connectivity index (χ2n) is 4.27. The molecule has 0 fully saturated rings. The lowest BCUT2D eigenvalue weighted by atomic mass is 10.1. The molecule has 3 N–H and O–H groups in total. The van der Waals surface area contributed by atoms with Crippen LogP contribution in [0.4, 0.5) is 18.9 Å². The third kappa shape index (κ3) is 3.84. The Kier molecular flexibility index (Phi) is 4.46. The fourth-order valence-corrected chi connectivity index (χ4v) is 2.05. The summed E-state index contributed by atoms with van der Waals surface area (Å²) in [5.74, 6) is 0. The molecule has 0 unspecified atom stereocenters. The maximum atomic E-state index is 12.5. The van der Waals surface area contributed by atoms with Crippen molar-refractivity contribution in [3.05, 3.63) is 29.3 Å². The monoisotopic (exact) mass is 296 g/mol. The van der Waals surface area contributed by atoms with Crippen LogP contribution in [-0.2, 0) is 22.7 Å². The maximum Gasteiger partial charge on any atom is 0.416 e. The quantitative estimate of drug-likeness (QED) is 0.895. The van der Waals surface area contributed by atoms with E-state index < -0.39 is 27.0 Å². The van der Waals surface area contributed by atoms with Gasteiger partial charge in [0, 0.05) is 6.54 Å². The molecule has 0 atom stereocenters. The highest BCUT2D eigenvalue weighted by molar-refractivity contribution is 7.93. The highest BCUT2D eigenvalue weighted by atomic mass is 32.2. The Bertz CT molecular complexity index is 554. The topological polar surface area (TPSA) is 72.2 Å². The average molecular weight is 296 g/mol. The Labute approximate surface area is 109 Å². The zero-order valence-corrected chi connectivity index (χ0v) is 11.3. The summed E-state index contributed by atoms with van der Waals surface area (Å²) in [5.41, 5.74) is 4.66. The van der Waals surface area contributed by atoms with Crippen molar-refractivity contribution in [1.82, 2.24) is 0 Å². The molecule has 1 rings (SSSR count). The Morgan fingerprint density at radius 3 is 2.32 bits per heavy atom. The van der Waals surface area contributed by atoms with Gasteiger partial charge < -0.3 is 5.73 Å². The minimum atomic E-state index is -4.49. The van der Waals surface area contributed by atoms with E-state index in [4.69, 9.17) is 5.73 Å². The highest BCUT2D eigenvalue weighted by Crippen LogP contribution is 2.32. The molecule has 8 heteroatoms. The molecule has 108 valence electrons. The maximum absolute atomic E-state index is 12.5. The van der Waals surface area contributed by atoms with Gasteiger partial charge in [-0.1, -0.05) is 0 Å². The van der Waals surface area contributed by atoms with Gasteiger partial charge in [-0.3, -0.25) is 4.72 Å². The molecule has 0 saturated carbocycles. The van der Waals surface area contributed by atoms with Crippen molar-refractivity contribution in [3.63, 3.8) is 0 Å². The zero-order valence-electron chi connectivity index (χ0n) is 10.5. The summed E-state index contributed by atoms with van der Waals surface area (Å²) in [6, 6.07) is 2.74. The van der Waals surface area contributed by atoms with E-state index in [0.29, 0.717) is 0 Å². The van der Waals surface area contributed by atoms with Crippen LogP contribution in [0.1, 0.15) is 25.0 Å². The van der Waals surface area contributed by atoms with E-state index in [9.17, 15) is 21.6 Å². The van der Waals surface area contributed by atoms with Crippen LogP contribution in [0.2, 0.25) is 0 Å².